The molecule has 2 heterocycles. The SMILES string of the molecule is CCNc1ccnc(C2CCCO2)n1. The van der Waals surface area contributed by atoms with Gasteiger partial charge in [-0.1, -0.05) is 0 Å². The molecule has 1 unspecified atom stereocenters. The molecule has 1 fully saturated rings. The van der Waals surface area contributed by atoms with Crippen LogP contribution in [0, 0.1) is 0 Å². The van der Waals surface area contributed by atoms with Gasteiger partial charge in [-0.05, 0) is 25.8 Å². The van der Waals surface area contributed by atoms with Gasteiger partial charge in [0.25, 0.3) is 0 Å². The molecule has 2 rings (SSSR count). The summed E-state index contributed by atoms with van der Waals surface area (Å²) in [7, 11) is 0. The van der Waals surface area contributed by atoms with Crippen LogP contribution in [0.15, 0.2) is 12.3 Å². The standard InChI is InChI=1S/C10H15N3O/c1-2-11-9-5-6-12-10(13-9)8-4-3-7-14-8/h5-6,8H,2-4,7H2,1H3,(H,11,12,13). The van der Waals surface area contributed by atoms with E-state index in [0.29, 0.717) is 0 Å². The highest BCUT2D eigenvalue weighted by atomic mass is 16.5. The molecule has 1 aromatic rings. The Labute approximate surface area is 83.7 Å². The Morgan fingerprint density at radius 2 is 2.57 bits per heavy atom. The molecule has 1 aliphatic rings. The lowest BCUT2D eigenvalue weighted by atomic mass is 10.2. The topological polar surface area (TPSA) is 47.0 Å². The Balaban J connectivity index is 2.12. The van der Waals surface area contributed by atoms with Crippen LogP contribution in [0.2, 0.25) is 0 Å². The Morgan fingerprint density at radius 3 is 3.29 bits per heavy atom. The van der Waals surface area contributed by atoms with Crippen molar-refractivity contribution in [1.82, 2.24) is 9.97 Å². The molecule has 1 aromatic heterocycles. The zero-order valence-corrected chi connectivity index (χ0v) is 8.36. The maximum Gasteiger partial charge on any atom is 0.159 e. The molecule has 1 saturated heterocycles. The Kier molecular flexibility index (Phi) is 2.93. The summed E-state index contributed by atoms with van der Waals surface area (Å²) in [5.41, 5.74) is 0. The molecular formula is C10H15N3O. The Hall–Kier alpha value is -1.16. The minimum Gasteiger partial charge on any atom is -0.370 e. The van der Waals surface area contributed by atoms with Crippen LogP contribution in [-0.4, -0.2) is 23.1 Å². The minimum atomic E-state index is 0.105. The zero-order chi connectivity index (χ0) is 9.80. The van der Waals surface area contributed by atoms with E-state index in [0.717, 1.165) is 37.6 Å². The van der Waals surface area contributed by atoms with E-state index >= 15 is 0 Å². The summed E-state index contributed by atoms with van der Waals surface area (Å²) in [5, 5.41) is 3.16. The third-order valence-corrected chi connectivity index (χ3v) is 2.25. The Bertz CT molecular complexity index is 297. The predicted molar refractivity (Wildman–Crippen MR) is 54.1 cm³/mol. The lowest BCUT2D eigenvalue weighted by Crippen LogP contribution is -2.06. The molecule has 0 spiro atoms. The lowest BCUT2D eigenvalue weighted by Gasteiger charge is -2.09. The monoisotopic (exact) mass is 193 g/mol. The smallest absolute Gasteiger partial charge is 0.159 e. The molecule has 14 heavy (non-hydrogen) atoms. The van der Waals surface area contributed by atoms with Crippen molar-refractivity contribution in [3.8, 4) is 0 Å². The molecule has 0 amide bonds. The van der Waals surface area contributed by atoms with Gasteiger partial charge in [0, 0.05) is 19.3 Å². The average molecular weight is 193 g/mol. The molecule has 4 heteroatoms. The fourth-order valence-electron chi connectivity index (χ4n) is 1.59. The maximum absolute atomic E-state index is 5.52. The van der Waals surface area contributed by atoms with Crippen molar-refractivity contribution in [2.45, 2.75) is 25.9 Å². The van der Waals surface area contributed by atoms with E-state index in [2.05, 4.69) is 15.3 Å². The molecular weight excluding hydrogens is 178 g/mol. The summed E-state index contributed by atoms with van der Waals surface area (Å²) in [6.45, 7) is 3.76. The number of nitrogens with zero attached hydrogens (tertiary/aromatic N) is 2. The number of hydrogen-bond donors (Lipinski definition) is 1. The second-order valence-electron chi connectivity index (χ2n) is 3.33. The molecule has 1 N–H and O–H groups in total. The van der Waals surface area contributed by atoms with Crippen LogP contribution < -0.4 is 5.32 Å². The fraction of sp³-hybridized carbons (Fsp3) is 0.600. The molecule has 4 nitrogen and oxygen atoms in total. The second kappa shape index (κ2) is 4.37. The quantitative estimate of drug-likeness (QED) is 0.794. The van der Waals surface area contributed by atoms with Gasteiger partial charge in [-0.15, -0.1) is 0 Å². The summed E-state index contributed by atoms with van der Waals surface area (Å²) in [4.78, 5) is 8.62. The van der Waals surface area contributed by atoms with E-state index in [1.807, 2.05) is 13.0 Å². The summed E-state index contributed by atoms with van der Waals surface area (Å²) in [6, 6.07) is 1.88. The number of hydrogen-bond acceptors (Lipinski definition) is 4. The van der Waals surface area contributed by atoms with Gasteiger partial charge in [-0.25, -0.2) is 9.97 Å². The van der Waals surface area contributed by atoms with Crippen molar-refractivity contribution in [1.29, 1.82) is 0 Å². The number of ether oxygens (including phenoxy) is 1. The lowest BCUT2D eigenvalue weighted by molar-refractivity contribution is 0.105. The van der Waals surface area contributed by atoms with E-state index in [1.165, 1.54) is 0 Å². The van der Waals surface area contributed by atoms with Crippen LogP contribution in [0.5, 0.6) is 0 Å². The van der Waals surface area contributed by atoms with Crippen molar-refractivity contribution < 1.29 is 4.74 Å². The molecule has 0 bridgehead atoms. The van der Waals surface area contributed by atoms with Gasteiger partial charge in [0.05, 0.1) is 0 Å². The third kappa shape index (κ3) is 2.01. The summed E-state index contributed by atoms with van der Waals surface area (Å²) in [6.07, 6.45) is 4.03. The van der Waals surface area contributed by atoms with Crippen molar-refractivity contribution in [2.75, 3.05) is 18.5 Å². The number of nitrogens with one attached hydrogen (secondary N) is 1. The van der Waals surface area contributed by atoms with Gasteiger partial charge in [-0.3, -0.25) is 0 Å². The molecule has 76 valence electrons. The third-order valence-electron chi connectivity index (χ3n) is 2.25. The second-order valence-corrected chi connectivity index (χ2v) is 3.33. The molecule has 1 atom stereocenters. The van der Waals surface area contributed by atoms with Crippen LogP contribution in [0.25, 0.3) is 0 Å². The number of rotatable bonds is 3. The summed E-state index contributed by atoms with van der Waals surface area (Å²) >= 11 is 0. The number of anilines is 1. The molecule has 0 aliphatic carbocycles. The minimum absolute atomic E-state index is 0.105. The fourth-order valence-corrected chi connectivity index (χ4v) is 1.59. The van der Waals surface area contributed by atoms with Gasteiger partial charge in [0.15, 0.2) is 5.82 Å². The first-order valence-electron chi connectivity index (χ1n) is 5.08. The molecule has 1 aliphatic heterocycles. The van der Waals surface area contributed by atoms with Gasteiger partial charge in [0.1, 0.15) is 11.9 Å². The Morgan fingerprint density at radius 1 is 1.64 bits per heavy atom. The first-order valence-corrected chi connectivity index (χ1v) is 5.08. The van der Waals surface area contributed by atoms with E-state index in [-0.39, 0.29) is 6.10 Å². The first-order chi connectivity index (χ1) is 6.90. The van der Waals surface area contributed by atoms with Crippen molar-refractivity contribution in [3.63, 3.8) is 0 Å². The van der Waals surface area contributed by atoms with Gasteiger partial charge >= 0.3 is 0 Å². The first kappa shape index (κ1) is 9.40. The van der Waals surface area contributed by atoms with Gasteiger partial charge < -0.3 is 10.1 Å². The predicted octanol–water partition coefficient (Wildman–Crippen LogP) is 1.76. The highest BCUT2D eigenvalue weighted by Crippen LogP contribution is 2.25. The van der Waals surface area contributed by atoms with Crippen LogP contribution in [0.3, 0.4) is 0 Å². The van der Waals surface area contributed by atoms with Gasteiger partial charge in [-0.2, -0.15) is 0 Å². The summed E-state index contributed by atoms with van der Waals surface area (Å²) in [5.74, 6) is 1.69. The van der Waals surface area contributed by atoms with Crippen molar-refractivity contribution in [3.05, 3.63) is 18.1 Å². The van der Waals surface area contributed by atoms with E-state index in [4.69, 9.17) is 4.74 Å². The molecule has 0 saturated carbocycles. The summed E-state index contributed by atoms with van der Waals surface area (Å²) < 4.78 is 5.52. The normalized spacial score (nSPS) is 21.1. The zero-order valence-electron chi connectivity index (χ0n) is 8.36. The molecule has 0 aromatic carbocycles. The van der Waals surface area contributed by atoms with Crippen molar-refractivity contribution in [2.24, 2.45) is 0 Å². The van der Waals surface area contributed by atoms with Gasteiger partial charge in [0.2, 0.25) is 0 Å². The highest BCUT2D eigenvalue weighted by molar-refractivity contribution is 5.32. The average Bonchev–Trinajstić information content (AvgIpc) is 2.71. The van der Waals surface area contributed by atoms with Crippen LogP contribution in [0.1, 0.15) is 31.7 Å². The highest BCUT2D eigenvalue weighted by Gasteiger charge is 2.20. The van der Waals surface area contributed by atoms with E-state index in [1.54, 1.807) is 6.20 Å². The van der Waals surface area contributed by atoms with Crippen molar-refractivity contribution >= 4 is 5.82 Å². The van der Waals surface area contributed by atoms with Crippen LogP contribution in [0.4, 0.5) is 5.82 Å². The van der Waals surface area contributed by atoms with E-state index in [9.17, 15) is 0 Å². The van der Waals surface area contributed by atoms with E-state index < -0.39 is 0 Å². The van der Waals surface area contributed by atoms with Crippen LogP contribution in [-0.2, 0) is 4.74 Å². The molecule has 0 radical (unpaired) electrons. The maximum atomic E-state index is 5.52. The number of aromatic nitrogens is 2. The largest absolute Gasteiger partial charge is 0.370 e. The van der Waals surface area contributed by atoms with Crippen LogP contribution >= 0.6 is 0 Å².